The molecular weight excluding hydrogens is 395 g/mol. The summed E-state index contributed by atoms with van der Waals surface area (Å²) in [7, 11) is -4.65. The van der Waals surface area contributed by atoms with Crippen LogP contribution >= 0.6 is 0 Å². The molecule has 1 unspecified atom stereocenters. The number of aliphatic hydroxyl groups is 1. The van der Waals surface area contributed by atoms with Gasteiger partial charge in [-0.2, -0.15) is 0 Å². The Labute approximate surface area is 204 Å². The molecule has 1 N–H and O–H groups in total. The monoisotopic (exact) mass is 442 g/mol. The predicted molar refractivity (Wildman–Crippen MR) is 118 cm³/mol. The Kier molecular flexibility index (Phi) is 22.9. The second-order valence-corrected chi connectivity index (χ2v) is 10.2. The Morgan fingerprint density at radius 2 is 0.862 bits per heavy atom. The van der Waals surface area contributed by atoms with Gasteiger partial charge < -0.3 is 9.66 Å². The van der Waals surface area contributed by atoms with Crippen LogP contribution in [0.2, 0.25) is 0 Å². The summed E-state index contributed by atoms with van der Waals surface area (Å²) >= 11 is 0. The maximum absolute atomic E-state index is 11.3. The summed E-state index contributed by atoms with van der Waals surface area (Å²) in [5.41, 5.74) is 0. The molecule has 4 nitrogen and oxygen atoms in total. The van der Waals surface area contributed by atoms with Crippen molar-refractivity contribution < 1.29 is 47.6 Å². The average molecular weight is 443 g/mol. The fourth-order valence-corrected chi connectivity index (χ4v) is 4.57. The number of hydrogen-bond acceptors (Lipinski definition) is 4. The van der Waals surface area contributed by atoms with E-state index in [-0.39, 0.29) is 42.4 Å². The molecule has 0 aromatic carbocycles. The van der Waals surface area contributed by atoms with Gasteiger partial charge in [-0.05, 0) is 25.7 Å². The first kappa shape index (κ1) is 32.1. The molecule has 0 aliphatic rings. The smallest absolute Gasteiger partial charge is 0.746 e. The molecule has 170 valence electrons. The summed E-state index contributed by atoms with van der Waals surface area (Å²) in [6.45, 7) is 4.18. The minimum Gasteiger partial charge on any atom is -0.746 e. The molecule has 0 saturated heterocycles. The Morgan fingerprint density at radius 1 is 0.586 bits per heavy atom. The minimum atomic E-state index is -4.65. The van der Waals surface area contributed by atoms with Gasteiger partial charge in [-0.25, -0.2) is 8.42 Å². The van der Waals surface area contributed by atoms with E-state index in [4.69, 9.17) is 0 Å². The molecule has 29 heavy (non-hydrogen) atoms. The van der Waals surface area contributed by atoms with Gasteiger partial charge in [-0.15, -0.1) is 0 Å². The Balaban J connectivity index is 0. The molecule has 0 saturated carbocycles. The first-order chi connectivity index (χ1) is 13.4. The number of hydrogen-bond donors (Lipinski definition) is 1. The molecule has 0 bridgehead atoms. The normalized spacial score (nSPS) is 13.8. The third-order valence-corrected chi connectivity index (χ3v) is 7.15. The maximum Gasteiger partial charge on any atom is 1.00 e. The summed E-state index contributed by atoms with van der Waals surface area (Å²) in [4.78, 5) is -2.06. The van der Waals surface area contributed by atoms with Crippen molar-refractivity contribution in [3.05, 3.63) is 0 Å². The Morgan fingerprint density at radius 3 is 1.17 bits per heavy atom. The van der Waals surface area contributed by atoms with Crippen LogP contribution in [0.25, 0.3) is 0 Å². The topological polar surface area (TPSA) is 77.4 Å². The van der Waals surface area contributed by atoms with E-state index in [0.29, 0.717) is 12.8 Å². The Hall–Kier alpha value is 0.870. The zero-order chi connectivity index (χ0) is 21.1. The average Bonchev–Trinajstić information content (AvgIpc) is 2.65. The van der Waals surface area contributed by atoms with E-state index in [2.05, 4.69) is 6.92 Å². The zero-order valence-electron chi connectivity index (χ0n) is 19.7. The summed E-state index contributed by atoms with van der Waals surface area (Å²) in [6, 6.07) is 0. The molecule has 0 fully saturated rings. The van der Waals surface area contributed by atoms with Gasteiger partial charge in [0, 0.05) is 0 Å². The second-order valence-electron chi connectivity index (χ2n) is 8.56. The molecule has 0 aromatic rings. The molecule has 0 spiro atoms. The molecule has 0 amide bonds. The third-order valence-electron chi connectivity index (χ3n) is 5.81. The van der Waals surface area contributed by atoms with Crippen LogP contribution in [-0.2, 0) is 10.1 Å². The maximum atomic E-state index is 11.3. The molecular formula is C23H47NaO4S. The number of unbranched alkanes of at least 4 members (excludes halogenated alkanes) is 16. The summed E-state index contributed by atoms with van der Waals surface area (Å²) in [6.07, 6.45) is 21.5. The van der Waals surface area contributed by atoms with Crippen molar-refractivity contribution >= 4 is 10.1 Å². The van der Waals surface area contributed by atoms with Gasteiger partial charge in [0.25, 0.3) is 0 Å². The van der Waals surface area contributed by atoms with Crippen molar-refractivity contribution in [3.63, 3.8) is 0 Å². The van der Waals surface area contributed by atoms with Gasteiger partial charge in [0.15, 0.2) is 4.93 Å². The van der Waals surface area contributed by atoms with E-state index in [1.54, 1.807) is 0 Å². The number of rotatable bonds is 21. The van der Waals surface area contributed by atoms with Gasteiger partial charge in [-0.1, -0.05) is 117 Å². The van der Waals surface area contributed by atoms with E-state index >= 15 is 0 Å². The summed E-state index contributed by atoms with van der Waals surface area (Å²) < 4.78 is 34.0. The van der Waals surface area contributed by atoms with Gasteiger partial charge in [0.2, 0.25) is 0 Å². The first-order valence-electron chi connectivity index (χ1n) is 12.0. The molecule has 0 rings (SSSR count). The minimum absolute atomic E-state index is 0. The summed E-state index contributed by atoms with van der Waals surface area (Å²) in [5.74, 6) is 0. The van der Waals surface area contributed by atoms with Crippen molar-refractivity contribution in [1.82, 2.24) is 0 Å². The largest absolute Gasteiger partial charge is 1.00 e. The SMILES string of the molecule is CCCCCCCCCCCCCCCCCCC(O)(CCCC)S(=O)(=O)[O-].[Na+]. The van der Waals surface area contributed by atoms with E-state index < -0.39 is 15.1 Å². The Bertz CT molecular complexity index is 442. The van der Waals surface area contributed by atoms with Crippen LogP contribution in [0.5, 0.6) is 0 Å². The fraction of sp³-hybridized carbons (Fsp3) is 1.00. The first-order valence-corrected chi connectivity index (χ1v) is 13.5. The van der Waals surface area contributed by atoms with E-state index in [1.165, 1.54) is 77.0 Å². The van der Waals surface area contributed by atoms with Crippen molar-refractivity contribution in [1.29, 1.82) is 0 Å². The summed E-state index contributed by atoms with van der Waals surface area (Å²) in [5, 5.41) is 10.2. The van der Waals surface area contributed by atoms with E-state index in [9.17, 15) is 18.1 Å². The van der Waals surface area contributed by atoms with Crippen LogP contribution in [0, 0.1) is 0 Å². The van der Waals surface area contributed by atoms with Crippen molar-refractivity contribution in [2.75, 3.05) is 0 Å². The fourth-order valence-electron chi connectivity index (χ4n) is 3.78. The van der Waals surface area contributed by atoms with Gasteiger partial charge in [0.05, 0.1) is 0 Å². The van der Waals surface area contributed by atoms with Crippen LogP contribution in [0.4, 0.5) is 0 Å². The van der Waals surface area contributed by atoms with E-state index in [0.717, 1.165) is 25.7 Å². The van der Waals surface area contributed by atoms with Crippen LogP contribution in [-0.4, -0.2) is 23.0 Å². The van der Waals surface area contributed by atoms with Crippen molar-refractivity contribution in [3.8, 4) is 0 Å². The van der Waals surface area contributed by atoms with Gasteiger partial charge >= 0.3 is 29.6 Å². The van der Waals surface area contributed by atoms with Crippen LogP contribution in [0.3, 0.4) is 0 Å². The quantitative estimate of drug-likeness (QED) is 0.165. The van der Waals surface area contributed by atoms with Crippen LogP contribution in [0.15, 0.2) is 0 Å². The molecule has 6 heteroatoms. The predicted octanol–water partition coefficient (Wildman–Crippen LogP) is 4.07. The zero-order valence-corrected chi connectivity index (χ0v) is 22.5. The molecule has 0 heterocycles. The standard InChI is InChI=1S/C23H48O4S.Na/c1-3-5-7-8-9-10-11-12-13-14-15-16-17-18-19-20-22-23(24,21-6-4-2)28(25,26)27;/h24H,3-22H2,1-2H3,(H,25,26,27);/q;+1/p-1. The van der Waals surface area contributed by atoms with Gasteiger partial charge in [0.1, 0.15) is 10.1 Å². The van der Waals surface area contributed by atoms with Crippen LogP contribution < -0.4 is 29.6 Å². The second kappa shape index (κ2) is 20.8. The third kappa shape index (κ3) is 18.2. The molecule has 0 aliphatic carbocycles. The van der Waals surface area contributed by atoms with Crippen molar-refractivity contribution in [2.24, 2.45) is 0 Å². The van der Waals surface area contributed by atoms with Crippen LogP contribution in [0.1, 0.15) is 142 Å². The molecule has 0 radical (unpaired) electrons. The molecule has 1 atom stereocenters. The van der Waals surface area contributed by atoms with E-state index in [1.807, 2.05) is 6.92 Å². The van der Waals surface area contributed by atoms with Crippen molar-refractivity contribution in [2.45, 2.75) is 147 Å². The molecule has 0 aliphatic heterocycles. The molecule has 0 aromatic heterocycles. The van der Waals surface area contributed by atoms with Gasteiger partial charge in [-0.3, -0.25) is 0 Å².